The number of rotatable bonds is 3. The number of pyridine rings is 1. The van der Waals surface area contributed by atoms with Crippen molar-refractivity contribution < 1.29 is 4.79 Å². The average molecular weight is 274 g/mol. The lowest BCUT2D eigenvalue weighted by Gasteiger charge is -2.19. The molecule has 0 aromatic carbocycles. The molecule has 0 unspecified atom stereocenters. The van der Waals surface area contributed by atoms with Crippen molar-refractivity contribution in [1.29, 1.82) is 0 Å². The number of aryl methyl sites for hydroxylation is 1. The summed E-state index contributed by atoms with van der Waals surface area (Å²) >= 11 is 0. The predicted octanol–water partition coefficient (Wildman–Crippen LogP) is 2.10. The average Bonchev–Trinajstić information content (AvgIpc) is 2.84. The van der Waals surface area contributed by atoms with Gasteiger partial charge in [0.1, 0.15) is 0 Å². The maximum atomic E-state index is 12.5. The van der Waals surface area contributed by atoms with Gasteiger partial charge in [-0.05, 0) is 24.1 Å². The molecular weight excluding hydrogens is 252 g/mol. The second kappa shape index (κ2) is 5.27. The molecule has 4 nitrogen and oxygen atoms in total. The molecule has 1 aliphatic heterocycles. The quantitative estimate of drug-likeness (QED) is 0.917. The van der Waals surface area contributed by atoms with Gasteiger partial charge in [-0.1, -0.05) is 33.8 Å². The Balaban J connectivity index is 2.29. The molecule has 1 N–H and O–H groups in total. The molecule has 1 aromatic heterocycles. The summed E-state index contributed by atoms with van der Waals surface area (Å²) in [6.45, 7) is 8.55. The highest BCUT2D eigenvalue weighted by molar-refractivity contribution is 5.81. The summed E-state index contributed by atoms with van der Waals surface area (Å²) in [6.07, 6.45) is 4.74. The second-order valence-electron chi connectivity index (χ2n) is 6.18. The van der Waals surface area contributed by atoms with Crippen LogP contribution in [0.25, 0.3) is 6.08 Å². The number of allylic oxidation sites excluding steroid dienone is 1. The van der Waals surface area contributed by atoms with Crippen molar-refractivity contribution in [2.24, 2.45) is 5.41 Å². The molecule has 2 rings (SSSR count). The molecule has 1 aromatic rings. The highest BCUT2D eigenvalue weighted by atomic mass is 16.2. The lowest BCUT2D eigenvalue weighted by Crippen LogP contribution is -2.37. The number of fused-ring (bicyclic) bond motifs is 1. The van der Waals surface area contributed by atoms with Crippen LogP contribution in [0.5, 0.6) is 0 Å². The van der Waals surface area contributed by atoms with Gasteiger partial charge in [-0.3, -0.25) is 9.59 Å². The number of amides is 1. The fraction of sp³-hybridized carbons (Fsp3) is 0.500. The smallest absolute Gasteiger partial charge is 0.256 e. The first-order valence-electron chi connectivity index (χ1n) is 7.05. The minimum atomic E-state index is -0.444. The molecule has 0 saturated heterocycles. The Morgan fingerprint density at radius 3 is 2.70 bits per heavy atom. The van der Waals surface area contributed by atoms with Crippen LogP contribution in [0.15, 0.2) is 16.9 Å². The zero-order chi connectivity index (χ0) is 14.9. The molecule has 1 amide bonds. The Labute approximate surface area is 119 Å². The van der Waals surface area contributed by atoms with E-state index in [0.29, 0.717) is 18.7 Å². The molecule has 4 heteroatoms. The maximum absolute atomic E-state index is 12.5. The molecular formula is C16H22N2O2. The molecule has 108 valence electrons. The van der Waals surface area contributed by atoms with E-state index in [1.807, 2.05) is 45.9 Å². The van der Waals surface area contributed by atoms with E-state index in [9.17, 15) is 9.59 Å². The van der Waals surface area contributed by atoms with Gasteiger partial charge in [0, 0.05) is 29.8 Å². The number of hydrogen-bond donors (Lipinski definition) is 1. The highest BCUT2D eigenvalue weighted by Gasteiger charge is 2.22. The van der Waals surface area contributed by atoms with Crippen molar-refractivity contribution in [2.45, 2.75) is 47.2 Å². The number of carbonyl (C=O) groups excluding carboxylic acids is 1. The van der Waals surface area contributed by atoms with Gasteiger partial charge in [0.2, 0.25) is 5.91 Å². The molecule has 0 saturated carbocycles. The van der Waals surface area contributed by atoms with E-state index in [-0.39, 0.29) is 11.5 Å². The molecule has 0 atom stereocenters. The van der Waals surface area contributed by atoms with E-state index in [1.54, 1.807) is 4.57 Å². The molecule has 0 fully saturated rings. The summed E-state index contributed by atoms with van der Waals surface area (Å²) in [6, 6.07) is 2.05. The van der Waals surface area contributed by atoms with Crippen LogP contribution in [-0.2, 0) is 24.3 Å². The van der Waals surface area contributed by atoms with Gasteiger partial charge < -0.3 is 9.88 Å². The van der Waals surface area contributed by atoms with Crippen LogP contribution in [0.3, 0.4) is 0 Å². The number of aromatic nitrogens is 1. The Hall–Kier alpha value is -1.84. The Bertz CT molecular complexity index is 619. The number of nitrogens with one attached hydrogen (secondary N) is 1. The summed E-state index contributed by atoms with van der Waals surface area (Å²) in [5.41, 5.74) is 2.25. The zero-order valence-electron chi connectivity index (χ0n) is 12.6. The van der Waals surface area contributed by atoms with E-state index in [0.717, 1.165) is 17.7 Å². The Morgan fingerprint density at radius 2 is 2.10 bits per heavy atom. The van der Waals surface area contributed by atoms with E-state index in [1.165, 1.54) is 0 Å². The lowest BCUT2D eigenvalue weighted by atomic mass is 9.95. The minimum Gasteiger partial charge on any atom is -0.351 e. The number of carbonyl (C=O) groups is 1. The van der Waals surface area contributed by atoms with Crippen molar-refractivity contribution in [2.75, 3.05) is 0 Å². The van der Waals surface area contributed by atoms with Gasteiger partial charge in [0.25, 0.3) is 5.56 Å². The zero-order valence-corrected chi connectivity index (χ0v) is 12.6. The minimum absolute atomic E-state index is 0.0126. The van der Waals surface area contributed by atoms with Gasteiger partial charge in [0.05, 0.1) is 0 Å². The largest absolute Gasteiger partial charge is 0.351 e. The molecule has 1 aliphatic rings. The second-order valence-corrected chi connectivity index (χ2v) is 6.18. The standard InChI is InChI=1S/C16H22N2O2/c1-5-11-9-12-7-6-8-18(12)14(19)13(11)10-17-15(20)16(2,3)4/h6-7,9H,5,8,10H2,1-4H3,(H,17,20). The van der Waals surface area contributed by atoms with Gasteiger partial charge in [-0.25, -0.2) is 0 Å². The number of nitrogens with zero attached hydrogens (tertiary/aromatic N) is 1. The number of hydrogen-bond acceptors (Lipinski definition) is 2. The van der Waals surface area contributed by atoms with Crippen LogP contribution in [0.1, 0.15) is 44.5 Å². The molecule has 0 radical (unpaired) electrons. The third-order valence-electron chi connectivity index (χ3n) is 3.59. The van der Waals surface area contributed by atoms with Gasteiger partial charge in [-0.2, -0.15) is 0 Å². The fourth-order valence-electron chi connectivity index (χ4n) is 2.30. The monoisotopic (exact) mass is 274 g/mol. The fourth-order valence-corrected chi connectivity index (χ4v) is 2.30. The Kier molecular flexibility index (Phi) is 3.84. The molecule has 2 heterocycles. The summed E-state index contributed by atoms with van der Waals surface area (Å²) in [4.78, 5) is 24.4. The first-order chi connectivity index (χ1) is 9.34. The van der Waals surface area contributed by atoms with Crippen LogP contribution in [-0.4, -0.2) is 10.5 Å². The van der Waals surface area contributed by atoms with Gasteiger partial charge in [-0.15, -0.1) is 0 Å². The first-order valence-corrected chi connectivity index (χ1v) is 7.05. The molecule has 0 aliphatic carbocycles. The van der Waals surface area contributed by atoms with Crippen molar-refractivity contribution in [1.82, 2.24) is 9.88 Å². The summed E-state index contributed by atoms with van der Waals surface area (Å²) in [5.74, 6) is -0.0393. The lowest BCUT2D eigenvalue weighted by molar-refractivity contribution is -0.128. The van der Waals surface area contributed by atoms with E-state index in [2.05, 4.69) is 5.32 Å². The van der Waals surface area contributed by atoms with Gasteiger partial charge >= 0.3 is 0 Å². The third kappa shape index (κ3) is 2.69. The summed E-state index contributed by atoms with van der Waals surface area (Å²) in [5, 5.41) is 2.87. The van der Waals surface area contributed by atoms with Crippen LogP contribution in [0.2, 0.25) is 0 Å². The van der Waals surface area contributed by atoms with Gasteiger partial charge in [0.15, 0.2) is 0 Å². The van der Waals surface area contributed by atoms with Crippen molar-refractivity contribution >= 4 is 12.0 Å². The van der Waals surface area contributed by atoms with E-state index < -0.39 is 5.41 Å². The third-order valence-corrected chi connectivity index (χ3v) is 3.59. The van der Waals surface area contributed by atoms with Crippen molar-refractivity contribution in [3.8, 4) is 0 Å². The summed E-state index contributed by atoms with van der Waals surface area (Å²) < 4.78 is 1.75. The SMILES string of the molecule is CCc1cc2n(c(=O)c1CNC(=O)C(C)(C)C)CC=C2. The normalized spacial score (nSPS) is 13.4. The Morgan fingerprint density at radius 1 is 1.40 bits per heavy atom. The highest BCUT2D eigenvalue weighted by Crippen LogP contribution is 2.16. The van der Waals surface area contributed by atoms with Crippen molar-refractivity contribution in [3.63, 3.8) is 0 Å². The van der Waals surface area contributed by atoms with Crippen LogP contribution in [0, 0.1) is 5.41 Å². The van der Waals surface area contributed by atoms with E-state index >= 15 is 0 Å². The first kappa shape index (κ1) is 14.6. The molecule has 0 spiro atoms. The van der Waals surface area contributed by atoms with Crippen LogP contribution in [0.4, 0.5) is 0 Å². The van der Waals surface area contributed by atoms with Crippen LogP contribution < -0.4 is 10.9 Å². The molecule has 0 bridgehead atoms. The maximum Gasteiger partial charge on any atom is 0.256 e. The summed E-state index contributed by atoms with van der Waals surface area (Å²) in [7, 11) is 0. The topological polar surface area (TPSA) is 51.1 Å². The van der Waals surface area contributed by atoms with E-state index in [4.69, 9.17) is 0 Å². The van der Waals surface area contributed by atoms with Crippen LogP contribution >= 0.6 is 0 Å². The predicted molar refractivity (Wildman–Crippen MR) is 80.4 cm³/mol. The van der Waals surface area contributed by atoms with Crippen molar-refractivity contribution in [3.05, 3.63) is 39.3 Å². The molecule has 20 heavy (non-hydrogen) atoms.